The average molecular weight is 385 g/mol. The lowest BCUT2D eigenvalue weighted by Gasteiger charge is -2.35. The van der Waals surface area contributed by atoms with Crippen molar-refractivity contribution >= 4 is 33.4 Å². The molecule has 0 saturated carbocycles. The Labute approximate surface area is 153 Å². The summed E-state index contributed by atoms with van der Waals surface area (Å²) in [6.07, 6.45) is 2.18. The van der Waals surface area contributed by atoms with Crippen LogP contribution in [0, 0.1) is 0 Å². The van der Waals surface area contributed by atoms with Gasteiger partial charge in [-0.05, 0) is 37.0 Å². The number of anilines is 1. The SMILES string of the molecule is CC(=O)N1CCCc2ccc(S(=O)(=O)N3CCSC[C@@H]3CCO)cc21. The Hall–Kier alpha value is -1.09. The van der Waals surface area contributed by atoms with Crippen molar-refractivity contribution in [2.75, 3.05) is 36.1 Å². The van der Waals surface area contributed by atoms with E-state index in [1.54, 1.807) is 28.8 Å². The van der Waals surface area contributed by atoms with Crippen LogP contribution in [0.3, 0.4) is 0 Å². The van der Waals surface area contributed by atoms with Crippen LogP contribution in [0.1, 0.15) is 25.3 Å². The molecule has 8 heteroatoms. The van der Waals surface area contributed by atoms with Crippen molar-refractivity contribution in [3.05, 3.63) is 23.8 Å². The predicted octanol–water partition coefficient (Wildman–Crippen LogP) is 1.47. The van der Waals surface area contributed by atoms with Gasteiger partial charge in [-0.25, -0.2) is 8.42 Å². The van der Waals surface area contributed by atoms with Crippen LogP contribution in [0.2, 0.25) is 0 Å². The zero-order valence-corrected chi connectivity index (χ0v) is 16.0. The number of nitrogens with zero attached hydrogens (tertiary/aromatic N) is 2. The highest BCUT2D eigenvalue weighted by Crippen LogP contribution is 2.32. The summed E-state index contributed by atoms with van der Waals surface area (Å²) in [5.41, 5.74) is 1.73. The maximum atomic E-state index is 13.2. The first-order chi connectivity index (χ1) is 11.9. The third kappa shape index (κ3) is 3.72. The molecule has 1 atom stereocenters. The number of rotatable bonds is 4. The summed E-state index contributed by atoms with van der Waals surface area (Å²) in [6.45, 7) is 2.56. The van der Waals surface area contributed by atoms with Gasteiger partial charge in [0.15, 0.2) is 0 Å². The predicted molar refractivity (Wildman–Crippen MR) is 99.5 cm³/mol. The van der Waals surface area contributed by atoms with Gasteiger partial charge in [-0.2, -0.15) is 16.1 Å². The van der Waals surface area contributed by atoms with Gasteiger partial charge in [0.2, 0.25) is 15.9 Å². The van der Waals surface area contributed by atoms with Crippen molar-refractivity contribution in [3.63, 3.8) is 0 Å². The lowest BCUT2D eigenvalue weighted by Crippen LogP contribution is -2.46. The molecule has 138 valence electrons. The van der Waals surface area contributed by atoms with Gasteiger partial charge in [-0.15, -0.1) is 0 Å². The van der Waals surface area contributed by atoms with E-state index in [9.17, 15) is 18.3 Å². The molecule has 0 aliphatic carbocycles. The molecule has 1 aromatic rings. The Morgan fingerprint density at radius 1 is 1.36 bits per heavy atom. The van der Waals surface area contributed by atoms with Crippen LogP contribution in [0.5, 0.6) is 0 Å². The second-order valence-electron chi connectivity index (χ2n) is 6.42. The third-order valence-electron chi connectivity index (χ3n) is 4.80. The fourth-order valence-electron chi connectivity index (χ4n) is 3.51. The lowest BCUT2D eigenvalue weighted by atomic mass is 10.0. The van der Waals surface area contributed by atoms with Gasteiger partial charge in [0, 0.05) is 49.9 Å². The molecule has 25 heavy (non-hydrogen) atoms. The van der Waals surface area contributed by atoms with Crippen LogP contribution >= 0.6 is 11.8 Å². The van der Waals surface area contributed by atoms with Crippen LogP contribution in [0.15, 0.2) is 23.1 Å². The van der Waals surface area contributed by atoms with Crippen molar-refractivity contribution in [1.29, 1.82) is 0 Å². The number of hydrogen-bond acceptors (Lipinski definition) is 5. The van der Waals surface area contributed by atoms with Gasteiger partial charge in [-0.3, -0.25) is 4.79 Å². The summed E-state index contributed by atoms with van der Waals surface area (Å²) in [5, 5.41) is 9.25. The van der Waals surface area contributed by atoms with Crippen LogP contribution in [-0.4, -0.2) is 61.0 Å². The maximum absolute atomic E-state index is 13.2. The minimum atomic E-state index is -3.65. The number of fused-ring (bicyclic) bond motifs is 1. The van der Waals surface area contributed by atoms with Crippen LogP contribution < -0.4 is 4.90 Å². The van der Waals surface area contributed by atoms with Crippen LogP contribution in [0.4, 0.5) is 5.69 Å². The highest BCUT2D eigenvalue weighted by Gasteiger charge is 2.34. The molecule has 1 aromatic carbocycles. The highest BCUT2D eigenvalue weighted by atomic mass is 32.2. The van der Waals surface area contributed by atoms with E-state index in [2.05, 4.69) is 0 Å². The number of sulfonamides is 1. The van der Waals surface area contributed by atoms with E-state index in [-0.39, 0.29) is 23.5 Å². The number of thioether (sulfide) groups is 1. The number of aliphatic hydroxyl groups excluding tert-OH is 1. The molecule has 0 radical (unpaired) electrons. The van der Waals surface area contributed by atoms with Gasteiger partial charge in [0.05, 0.1) is 4.90 Å². The number of benzene rings is 1. The van der Waals surface area contributed by atoms with Crippen molar-refractivity contribution < 1.29 is 18.3 Å². The Kier molecular flexibility index (Phi) is 5.72. The zero-order valence-electron chi connectivity index (χ0n) is 14.3. The van der Waals surface area contributed by atoms with Gasteiger partial charge in [0.25, 0.3) is 0 Å². The monoisotopic (exact) mass is 384 g/mol. The Bertz CT molecular complexity index is 749. The van der Waals surface area contributed by atoms with Gasteiger partial charge < -0.3 is 10.0 Å². The van der Waals surface area contributed by atoms with E-state index in [4.69, 9.17) is 0 Å². The Morgan fingerprint density at radius 2 is 2.16 bits per heavy atom. The van der Waals surface area contributed by atoms with E-state index in [1.165, 1.54) is 11.2 Å². The molecule has 2 aliphatic heterocycles. The molecular formula is C17H24N2O4S2. The molecule has 3 rings (SSSR count). The lowest BCUT2D eigenvalue weighted by molar-refractivity contribution is -0.116. The largest absolute Gasteiger partial charge is 0.396 e. The fraction of sp³-hybridized carbons (Fsp3) is 0.588. The molecule has 0 unspecified atom stereocenters. The smallest absolute Gasteiger partial charge is 0.243 e. The number of carbonyl (C=O) groups excluding carboxylic acids is 1. The molecule has 1 amide bonds. The van der Waals surface area contributed by atoms with E-state index in [1.807, 2.05) is 6.07 Å². The summed E-state index contributed by atoms with van der Waals surface area (Å²) in [7, 11) is -3.65. The van der Waals surface area contributed by atoms with E-state index >= 15 is 0 Å². The number of carbonyl (C=O) groups is 1. The quantitative estimate of drug-likeness (QED) is 0.851. The van der Waals surface area contributed by atoms with Crippen LogP contribution in [0.25, 0.3) is 0 Å². The summed E-state index contributed by atoms with van der Waals surface area (Å²) < 4.78 is 27.8. The zero-order chi connectivity index (χ0) is 18.0. The number of aliphatic hydroxyl groups is 1. The van der Waals surface area contributed by atoms with E-state index in [0.717, 1.165) is 24.2 Å². The standard InChI is InChI=1S/C17H24N2O4S2/c1-13(21)18-7-2-3-14-4-5-16(11-17(14)18)25(22,23)19-8-10-24-12-15(19)6-9-20/h4-5,11,15,20H,2-3,6-10,12H2,1H3/t15-/m0/s1. The first kappa shape index (κ1) is 18.7. The maximum Gasteiger partial charge on any atom is 0.243 e. The molecule has 1 fully saturated rings. The second-order valence-corrected chi connectivity index (χ2v) is 9.46. The van der Waals surface area contributed by atoms with Gasteiger partial charge in [0.1, 0.15) is 0 Å². The number of aryl methyl sites for hydroxylation is 1. The van der Waals surface area contributed by atoms with Gasteiger partial charge >= 0.3 is 0 Å². The molecule has 0 spiro atoms. The molecular weight excluding hydrogens is 360 g/mol. The minimum absolute atomic E-state index is 0.0282. The minimum Gasteiger partial charge on any atom is -0.396 e. The van der Waals surface area contributed by atoms with Crippen LogP contribution in [-0.2, 0) is 21.2 Å². The Morgan fingerprint density at radius 3 is 2.88 bits per heavy atom. The van der Waals surface area contributed by atoms with Gasteiger partial charge in [-0.1, -0.05) is 6.07 Å². The fourth-order valence-corrected chi connectivity index (χ4v) is 6.51. The molecule has 2 aliphatic rings. The summed E-state index contributed by atoms with van der Waals surface area (Å²) in [5.74, 6) is 1.39. The molecule has 6 nitrogen and oxygen atoms in total. The first-order valence-electron chi connectivity index (χ1n) is 8.56. The normalized spacial score (nSPS) is 21.8. The molecule has 0 aromatic heterocycles. The molecule has 1 N–H and O–H groups in total. The summed E-state index contributed by atoms with van der Waals surface area (Å²) >= 11 is 1.72. The number of hydrogen-bond donors (Lipinski definition) is 1. The molecule has 2 heterocycles. The van der Waals surface area contributed by atoms with Crippen molar-refractivity contribution in [1.82, 2.24) is 4.31 Å². The summed E-state index contributed by atoms with van der Waals surface area (Å²) in [6, 6.07) is 4.93. The first-order valence-corrected chi connectivity index (χ1v) is 11.2. The third-order valence-corrected chi connectivity index (χ3v) is 7.84. The highest BCUT2D eigenvalue weighted by molar-refractivity contribution is 7.99. The topological polar surface area (TPSA) is 77.9 Å². The van der Waals surface area contributed by atoms with Crippen molar-refractivity contribution in [3.8, 4) is 0 Å². The molecule has 0 bridgehead atoms. The van der Waals surface area contributed by atoms with E-state index in [0.29, 0.717) is 31.0 Å². The second kappa shape index (κ2) is 7.65. The van der Waals surface area contributed by atoms with Crippen molar-refractivity contribution in [2.24, 2.45) is 0 Å². The Balaban J connectivity index is 1.97. The summed E-state index contributed by atoms with van der Waals surface area (Å²) in [4.78, 5) is 13.8. The van der Waals surface area contributed by atoms with E-state index < -0.39 is 10.0 Å². The van der Waals surface area contributed by atoms with Crippen molar-refractivity contribution in [2.45, 2.75) is 37.1 Å². The number of amides is 1. The molecule has 1 saturated heterocycles. The average Bonchev–Trinajstić information content (AvgIpc) is 2.61.